The first-order valence-electron chi connectivity index (χ1n) is 4.68. The fourth-order valence-corrected chi connectivity index (χ4v) is 1.41. The van der Waals surface area contributed by atoms with Crippen molar-refractivity contribution < 1.29 is 4.79 Å². The molecule has 0 aliphatic carbocycles. The molecule has 0 aromatic heterocycles. The number of rotatable bonds is 3. The fourth-order valence-electron chi connectivity index (χ4n) is 1.41. The van der Waals surface area contributed by atoms with Crippen molar-refractivity contribution in [2.24, 2.45) is 0 Å². The highest BCUT2D eigenvalue weighted by Crippen LogP contribution is 2.04. The van der Waals surface area contributed by atoms with Gasteiger partial charge in [0.05, 0.1) is 12.1 Å². The van der Waals surface area contributed by atoms with Crippen LogP contribution in [-0.4, -0.2) is 24.5 Å². The molecular weight excluding hydrogens is 166 g/mol. The molecule has 4 nitrogen and oxygen atoms in total. The average molecular weight is 181 g/mol. The Bertz CT molecular complexity index is 211. The SMILES string of the molecule is CCC(C#N)NC1CCC(=O)NC1. The second-order valence-corrected chi connectivity index (χ2v) is 3.30. The molecule has 1 aliphatic heterocycles. The van der Waals surface area contributed by atoms with Gasteiger partial charge in [-0.15, -0.1) is 0 Å². The molecule has 1 heterocycles. The van der Waals surface area contributed by atoms with Crippen LogP contribution in [0, 0.1) is 11.3 Å². The number of carbonyl (C=O) groups is 1. The topological polar surface area (TPSA) is 64.9 Å². The van der Waals surface area contributed by atoms with E-state index in [-0.39, 0.29) is 18.0 Å². The van der Waals surface area contributed by atoms with Crippen LogP contribution in [0.4, 0.5) is 0 Å². The molecule has 2 unspecified atom stereocenters. The summed E-state index contributed by atoms with van der Waals surface area (Å²) in [6, 6.07) is 2.37. The summed E-state index contributed by atoms with van der Waals surface area (Å²) in [5.74, 6) is 0.114. The molecule has 4 heteroatoms. The van der Waals surface area contributed by atoms with Crippen LogP contribution >= 0.6 is 0 Å². The van der Waals surface area contributed by atoms with Crippen molar-refractivity contribution >= 4 is 5.91 Å². The van der Waals surface area contributed by atoms with E-state index in [0.29, 0.717) is 13.0 Å². The van der Waals surface area contributed by atoms with Crippen molar-refractivity contribution in [1.82, 2.24) is 10.6 Å². The minimum Gasteiger partial charge on any atom is -0.355 e. The van der Waals surface area contributed by atoms with Gasteiger partial charge in [-0.1, -0.05) is 6.92 Å². The summed E-state index contributed by atoms with van der Waals surface area (Å²) in [7, 11) is 0. The van der Waals surface area contributed by atoms with Crippen LogP contribution in [0.1, 0.15) is 26.2 Å². The normalized spacial score (nSPS) is 24.6. The summed E-state index contributed by atoms with van der Waals surface area (Å²) in [6.45, 7) is 2.62. The first-order valence-corrected chi connectivity index (χ1v) is 4.68. The maximum absolute atomic E-state index is 10.8. The van der Waals surface area contributed by atoms with Crippen LogP contribution in [-0.2, 0) is 4.79 Å². The van der Waals surface area contributed by atoms with Crippen LogP contribution in [0.5, 0.6) is 0 Å². The Balaban J connectivity index is 2.30. The van der Waals surface area contributed by atoms with Gasteiger partial charge in [0.2, 0.25) is 5.91 Å². The molecule has 0 saturated carbocycles. The molecule has 0 aromatic rings. The zero-order valence-electron chi connectivity index (χ0n) is 7.84. The Kier molecular flexibility index (Phi) is 3.71. The third-order valence-corrected chi connectivity index (χ3v) is 2.27. The molecule has 1 fully saturated rings. The molecule has 0 bridgehead atoms. The quantitative estimate of drug-likeness (QED) is 0.651. The van der Waals surface area contributed by atoms with Crippen LogP contribution < -0.4 is 10.6 Å². The first-order chi connectivity index (χ1) is 6.26. The molecule has 1 saturated heterocycles. The number of hydrogen-bond donors (Lipinski definition) is 2. The van der Waals surface area contributed by atoms with Crippen molar-refractivity contribution in [3.8, 4) is 6.07 Å². The van der Waals surface area contributed by atoms with Gasteiger partial charge in [-0.2, -0.15) is 5.26 Å². The molecule has 1 amide bonds. The third-order valence-electron chi connectivity index (χ3n) is 2.27. The molecule has 0 aromatic carbocycles. The Morgan fingerprint density at radius 3 is 3.08 bits per heavy atom. The second kappa shape index (κ2) is 4.83. The maximum atomic E-state index is 10.8. The number of nitrogens with zero attached hydrogens (tertiary/aromatic N) is 1. The van der Waals surface area contributed by atoms with E-state index in [1.165, 1.54) is 0 Å². The number of amides is 1. The van der Waals surface area contributed by atoms with Crippen molar-refractivity contribution in [3.05, 3.63) is 0 Å². The van der Waals surface area contributed by atoms with Gasteiger partial charge in [0.1, 0.15) is 0 Å². The molecule has 2 N–H and O–H groups in total. The van der Waals surface area contributed by atoms with Crippen LogP contribution in [0.2, 0.25) is 0 Å². The summed E-state index contributed by atoms with van der Waals surface area (Å²) in [4.78, 5) is 10.8. The molecule has 72 valence electrons. The Hall–Kier alpha value is -1.08. The highest BCUT2D eigenvalue weighted by molar-refractivity contribution is 5.76. The lowest BCUT2D eigenvalue weighted by Crippen LogP contribution is -2.48. The first kappa shape index (κ1) is 10.0. The smallest absolute Gasteiger partial charge is 0.220 e. The Labute approximate surface area is 78.3 Å². The van der Waals surface area contributed by atoms with E-state index in [4.69, 9.17) is 5.26 Å². The maximum Gasteiger partial charge on any atom is 0.220 e. The summed E-state index contributed by atoms with van der Waals surface area (Å²) < 4.78 is 0. The monoisotopic (exact) mass is 181 g/mol. The van der Waals surface area contributed by atoms with E-state index in [0.717, 1.165) is 12.8 Å². The van der Waals surface area contributed by atoms with Crippen LogP contribution in [0.25, 0.3) is 0 Å². The van der Waals surface area contributed by atoms with E-state index in [2.05, 4.69) is 16.7 Å². The molecule has 0 radical (unpaired) electrons. The lowest BCUT2D eigenvalue weighted by molar-refractivity contribution is -0.122. The summed E-state index contributed by atoms with van der Waals surface area (Å²) in [5, 5.41) is 14.7. The summed E-state index contributed by atoms with van der Waals surface area (Å²) in [6.07, 6.45) is 2.21. The molecular formula is C9H15N3O. The van der Waals surface area contributed by atoms with Crippen molar-refractivity contribution in [1.29, 1.82) is 5.26 Å². The molecule has 1 rings (SSSR count). The third kappa shape index (κ3) is 3.03. The zero-order chi connectivity index (χ0) is 9.68. The molecule has 0 spiro atoms. The summed E-state index contributed by atoms with van der Waals surface area (Å²) in [5.41, 5.74) is 0. The van der Waals surface area contributed by atoms with Gasteiger partial charge in [0, 0.05) is 19.0 Å². The van der Waals surface area contributed by atoms with E-state index in [1.807, 2.05) is 6.92 Å². The zero-order valence-corrected chi connectivity index (χ0v) is 7.84. The lowest BCUT2D eigenvalue weighted by atomic mass is 10.1. The Morgan fingerprint density at radius 1 is 1.85 bits per heavy atom. The highest BCUT2D eigenvalue weighted by Gasteiger charge is 2.19. The lowest BCUT2D eigenvalue weighted by Gasteiger charge is -2.25. The predicted molar refractivity (Wildman–Crippen MR) is 48.9 cm³/mol. The van der Waals surface area contributed by atoms with Gasteiger partial charge in [-0.05, 0) is 12.8 Å². The standard InChI is InChI=1S/C9H15N3O/c1-2-7(5-10)12-8-3-4-9(13)11-6-8/h7-8,12H,2-4,6H2,1H3,(H,11,13). The van der Waals surface area contributed by atoms with E-state index in [9.17, 15) is 4.79 Å². The van der Waals surface area contributed by atoms with Crippen LogP contribution in [0.15, 0.2) is 0 Å². The summed E-state index contributed by atoms with van der Waals surface area (Å²) >= 11 is 0. The minimum absolute atomic E-state index is 0.0833. The van der Waals surface area contributed by atoms with E-state index >= 15 is 0 Å². The van der Waals surface area contributed by atoms with Gasteiger partial charge >= 0.3 is 0 Å². The number of carbonyl (C=O) groups excluding carboxylic acids is 1. The number of nitrogens with one attached hydrogen (secondary N) is 2. The van der Waals surface area contributed by atoms with Crippen molar-refractivity contribution in [3.63, 3.8) is 0 Å². The van der Waals surface area contributed by atoms with Gasteiger partial charge in [0.15, 0.2) is 0 Å². The number of nitriles is 1. The van der Waals surface area contributed by atoms with Crippen LogP contribution in [0.3, 0.4) is 0 Å². The largest absolute Gasteiger partial charge is 0.355 e. The van der Waals surface area contributed by atoms with Gasteiger partial charge in [-0.25, -0.2) is 0 Å². The number of piperidine rings is 1. The van der Waals surface area contributed by atoms with Gasteiger partial charge in [0.25, 0.3) is 0 Å². The van der Waals surface area contributed by atoms with E-state index < -0.39 is 0 Å². The van der Waals surface area contributed by atoms with Gasteiger partial charge in [-0.3, -0.25) is 10.1 Å². The van der Waals surface area contributed by atoms with Gasteiger partial charge < -0.3 is 5.32 Å². The second-order valence-electron chi connectivity index (χ2n) is 3.30. The fraction of sp³-hybridized carbons (Fsp3) is 0.778. The van der Waals surface area contributed by atoms with E-state index in [1.54, 1.807) is 0 Å². The minimum atomic E-state index is -0.0833. The average Bonchev–Trinajstić information content (AvgIpc) is 2.17. The number of hydrogen-bond acceptors (Lipinski definition) is 3. The molecule has 1 aliphatic rings. The molecule has 2 atom stereocenters. The predicted octanol–water partition coefficient (Wildman–Crippen LogP) is 0.157. The van der Waals surface area contributed by atoms with Crippen molar-refractivity contribution in [2.75, 3.05) is 6.54 Å². The Morgan fingerprint density at radius 2 is 2.62 bits per heavy atom. The molecule has 13 heavy (non-hydrogen) atoms. The highest BCUT2D eigenvalue weighted by atomic mass is 16.1. The van der Waals surface area contributed by atoms with Crippen molar-refractivity contribution in [2.45, 2.75) is 38.3 Å².